The molecule has 0 aliphatic heterocycles. The highest BCUT2D eigenvalue weighted by atomic mass is 79.9. The van der Waals surface area contributed by atoms with Gasteiger partial charge in [-0.25, -0.2) is 0 Å². The Hall–Kier alpha value is -0.300. The highest BCUT2D eigenvalue weighted by molar-refractivity contribution is 9.09. The molecule has 0 radical (unpaired) electrons. The average Bonchev–Trinajstić information content (AvgIpc) is 2.19. The van der Waals surface area contributed by atoms with Crippen molar-refractivity contribution in [1.82, 2.24) is 5.32 Å². The molecular weight excluding hydrogens is 303 g/mol. The van der Waals surface area contributed by atoms with Gasteiger partial charge in [-0.3, -0.25) is 4.79 Å². The minimum absolute atomic E-state index is 0.0609. The SMILES string of the molecule is O=C(COCC(F)(F)F)NC1CCC(Br)CC1. The van der Waals surface area contributed by atoms with Gasteiger partial charge in [-0.1, -0.05) is 15.9 Å². The summed E-state index contributed by atoms with van der Waals surface area (Å²) < 4.78 is 39.5. The molecule has 0 aromatic carbocycles. The van der Waals surface area contributed by atoms with Crippen molar-refractivity contribution in [2.45, 2.75) is 42.7 Å². The molecule has 3 nitrogen and oxygen atoms in total. The zero-order valence-corrected chi connectivity index (χ0v) is 10.8. The van der Waals surface area contributed by atoms with E-state index in [2.05, 4.69) is 26.0 Å². The van der Waals surface area contributed by atoms with Crippen molar-refractivity contribution in [1.29, 1.82) is 0 Å². The molecule has 0 spiro atoms. The van der Waals surface area contributed by atoms with Crippen LogP contribution >= 0.6 is 15.9 Å². The maximum atomic E-state index is 11.7. The predicted molar refractivity (Wildman–Crippen MR) is 60.0 cm³/mol. The van der Waals surface area contributed by atoms with E-state index in [1.807, 2.05) is 0 Å². The Balaban J connectivity index is 2.13. The lowest BCUT2D eigenvalue weighted by Gasteiger charge is -2.26. The van der Waals surface area contributed by atoms with E-state index in [4.69, 9.17) is 0 Å². The average molecular weight is 318 g/mol. The monoisotopic (exact) mass is 317 g/mol. The molecule has 17 heavy (non-hydrogen) atoms. The van der Waals surface area contributed by atoms with Crippen molar-refractivity contribution in [3.05, 3.63) is 0 Å². The third-order valence-electron chi connectivity index (χ3n) is 2.52. The largest absolute Gasteiger partial charge is 0.411 e. The molecule has 100 valence electrons. The molecule has 0 bridgehead atoms. The molecule has 1 rings (SSSR count). The third-order valence-corrected chi connectivity index (χ3v) is 3.44. The van der Waals surface area contributed by atoms with Crippen LogP contribution in [0.2, 0.25) is 0 Å². The summed E-state index contributed by atoms with van der Waals surface area (Å²) >= 11 is 3.48. The second kappa shape index (κ2) is 6.58. The maximum Gasteiger partial charge on any atom is 0.411 e. The van der Waals surface area contributed by atoms with Gasteiger partial charge in [0, 0.05) is 10.9 Å². The first kappa shape index (κ1) is 14.8. The fourth-order valence-corrected chi connectivity index (χ4v) is 2.25. The fraction of sp³-hybridized carbons (Fsp3) is 0.900. The Morgan fingerprint density at radius 2 is 1.88 bits per heavy atom. The normalized spacial score (nSPS) is 25.6. The highest BCUT2D eigenvalue weighted by Gasteiger charge is 2.28. The van der Waals surface area contributed by atoms with Gasteiger partial charge < -0.3 is 10.1 Å². The van der Waals surface area contributed by atoms with Crippen LogP contribution in [0.25, 0.3) is 0 Å². The number of amides is 1. The molecule has 1 saturated carbocycles. The van der Waals surface area contributed by atoms with Crippen LogP contribution in [0.5, 0.6) is 0 Å². The quantitative estimate of drug-likeness (QED) is 0.809. The van der Waals surface area contributed by atoms with Crippen molar-refractivity contribution in [2.24, 2.45) is 0 Å². The fourth-order valence-electron chi connectivity index (χ4n) is 1.73. The van der Waals surface area contributed by atoms with Gasteiger partial charge in [-0.15, -0.1) is 0 Å². The van der Waals surface area contributed by atoms with Crippen LogP contribution < -0.4 is 5.32 Å². The number of hydrogen-bond acceptors (Lipinski definition) is 2. The lowest BCUT2D eigenvalue weighted by Crippen LogP contribution is -2.40. The second-order valence-electron chi connectivity index (χ2n) is 4.12. The van der Waals surface area contributed by atoms with E-state index in [1.165, 1.54) is 0 Å². The van der Waals surface area contributed by atoms with Crippen molar-refractivity contribution in [3.8, 4) is 0 Å². The van der Waals surface area contributed by atoms with Gasteiger partial charge in [0.2, 0.25) is 5.91 Å². The van der Waals surface area contributed by atoms with Gasteiger partial charge in [-0.05, 0) is 25.7 Å². The summed E-state index contributed by atoms with van der Waals surface area (Å²) in [6.07, 6.45) is -0.751. The van der Waals surface area contributed by atoms with Crippen LogP contribution in [0.1, 0.15) is 25.7 Å². The number of carbonyl (C=O) groups excluding carboxylic acids is 1. The summed E-state index contributed by atoms with van der Waals surface area (Å²) in [4.78, 5) is 11.7. The number of carbonyl (C=O) groups is 1. The van der Waals surface area contributed by atoms with Gasteiger partial charge in [-0.2, -0.15) is 13.2 Å². The minimum atomic E-state index is -4.38. The minimum Gasteiger partial charge on any atom is -0.362 e. The van der Waals surface area contributed by atoms with Crippen molar-refractivity contribution in [3.63, 3.8) is 0 Å². The first-order chi connectivity index (χ1) is 7.87. The lowest BCUT2D eigenvalue weighted by atomic mass is 9.95. The van der Waals surface area contributed by atoms with E-state index in [1.54, 1.807) is 0 Å². The molecule has 0 aromatic heterocycles. The molecular formula is C10H15BrF3NO2. The van der Waals surface area contributed by atoms with E-state index in [9.17, 15) is 18.0 Å². The first-order valence-electron chi connectivity index (χ1n) is 5.45. The van der Waals surface area contributed by atoms with E-state index in [0.29, 0.717) is 4.83 Å². The van der Waals surface area contributed by atoms with Crippen molar-refractivity contribution < 1.29 is 22.7 Å². The van der Waals surface area contributed by atoms with E-state index < -0.39 is 25.3 Å². The van der Waals surface area contributed by atoms with Gasteiger partial charge in [0.25, 0.3) is 0 Å². The molecule has 1 aliphatic carbocycles. The Morgan fingerprint density at radius 1 is 1.29 bits per heavy atom. The third kappa shape index (κ3) is 6.88. The van der Waals surface area contributed by atoms with E-state index in [0.717, 1.165) is 25.7 Å². The Labute approximate surface area is 106 Å². The van der Waals surface area contributed by atoms with Gasteiger partial charge in [0.15, 0.2) is 0 Å². The Kier molecular flexibility index (Phi) is 5.72. The topological polar surface area (TPSA) is 38.3 Å². The molecule has 1 aliphatic rings. The zero-order valence-electron chi connectivity index (χ0n) is 9.23. The molecule has 0 heterocycles. The summed E-state index contributed by atoms with van der Waals surface area (Å²) in [5.74, 6) is -0.479. The molecule has 7 heteroatoms. The maximum absolute atomic E-state index is 11.7. The van der Waals surface area contributed by atoms with Crippen LogP contribution in [-0.2, 0) is 9.53 Å². The summed E-state index contributed by atoms with van der Waals surface area (Å²) in [6, 6.07) is 0.0609. The first-order valence-corrected chi connectivity index (χ1v) is 6.36. The molecule has 1 amide bonds. The van der Waals surface area contributed by atoms with Gasteiger partial charge in [0.1, 0.15) is 13.2 Å². The number of alkyl halides is 4. The number of hydrogen-bond donors (Lipinski definition) is 1. The number of rotatable bonds is 4. The smallest absolute Gasteiger partial charge is 0.362 e. The molecule has 0 saturated heterocycles. The van der Waals surface area contributed by atoms with Crippen LogP contribution in [0.15, 0.2) is 0 Å². The highest BCUT2D eigenvalue weighted by Crippen LogP contribution is 2.24. The summed E-state index contributed by atoms with van der Waals surface area (Å²) in [6.45, 7) is -1.91. The van der Waals surface area contributed by atoms with Gasteiger partial charge >= 0.3 is 6.18 Å². The van der Waals surface area contributed by atoms with Crippen LogP contribution in [-0.4, -0.2) is 36.2 Å². The Bertz CT molecular complexity index is 252. The van der Waals surface area contributed by atoms with Crippen LogP contribution in [0, 0.1) is 0 Å². The van der Waals surface area contributed by atoms with Crippen LogP contribution in [0.4, 0.5) is 13.2 Å². The molecule has 0 aromatic rings. The Morgan fingerprint density at radius 3 is 2.41 bits per heavy atom. The summed E-state index contributed by atoms with van der Waals surface area (Å²) in [5.41, 5.74) is 0. The molecule has 0 unspecified atom stereocenters. The standard InChI is InChI=1S/C10H15BrF3NO2/c11-7-1-3-8(4-2-7)15-9(16)5-17-6-10(12,13)14/h7-8H,1-6H2,(H,15,16). The zero-order chi connectivity index (χ0) is 12.9. The number of nitrogens with one attached hydrogen (secondary N) is 1. The molecule has 0 atom stereocenters. The van der Waals surface area contributed by atoms with E-state index in [-0.39, 0.29) is 6.04 Å². The van der Waals surface area contributed by atoms with Crippen molar-refractivity contribution >= 4 is 21.8 Å². The number of ether oxygens (including phenoxy) is 1. The molecule has 1 N–H and O–H groups in total. The summed E-state index contributed by atoms with van der Waals surface area (Å²) in [5, 5.41) is 2.67. The van der Waals surface area contributed by atoms with Crippen LogP contribution in [0.3, 0.4) is 0 Å². The van der Waals surface area contributed by atoms with E-state index >= 15 is 0 Å². The van der Waals surface area contributed by atoms with Crippen molar-refractivity contribution in [2.75, 3.05) is 13.2 Å². The lowest BCUT2D eigenvalue weighted by molar-refractivity contribution is -0.175. The summed E-state index contributed by atoms with van der Waals surface area (Å²) in [7, 11) is 0. The predicted octanol–water partition coefficient (Wildman–Crippen LogP) is 2.39. The molecule has 1 fully saturated rings. The van der Waals surface area contributed by atoms with Gasteiger partial charge in [0.05, 0.1) is 0 Å². The second-order valence-corrected chi connectivity index (χ2v) is 5.42. The number of halogens is 4.